The van der Waals surface area contributed by atoms with Crippen LogP contribution in [-0.2, 0) is 4.79 Å². The molecule has 0 aromatic rings. The molecule has 0 heterocycles. The van der Waals surface area contributed by atoms with Gasteiger partial charge >= 0.3 is 0 Å². The van der Waals surface area contributed by atoms with E-state index in [0.29, 0.717) is 0 Å². The van der Waals surface area contributed by atoms with E-state index in [4.69, 9.17) is 0 Å². The molecule has 0 fully saturated rings. The van der Waals surface area contributed by atoms with Crippen molar-refractivity contribution in [1.82, 2.24) is 0 Å². The number of hydrogen-bond acceptors (Lipinski definition) is 1. The Labute approximate surface area is 41.8 Å². The molecular formula is C5H7FO. The molecule has 0 aliphatic carbocycles. The van der Waals surface area contributed by atoms with E-state index in [9.17, 15) is 9.18 Å². The maximum absolute atomic E-state index is 11.6. The number of carbonyl (C=O) groups is 1. The second kappa shape index (κ2) is 2.50. The monoisotopic (exact) mass is 102 g/mol. The predicted octanol–water partition coefficient (Wildman–Crippen LogP) is 1.45. The number of allylic oxidation sites excluding steroid dienone is 2. The Morgan fingerprint density at radius 2 is 2.00 bits per heavy atom. The first kappa shape index (κ1) is 6.34. The summed E-state index contributed by atoms with van der Waals surface area (Å²) in [6.45, 7) is 2.55. The first-order valence-electron chi connectivity index (χ1n) is 1.97. The van der Waals surface area contributed by atoms with Crippen molar-refractivity contribution < 1.29 is 9.18 Å². The van der Waals surface area contributed by atoms with E-state index < -0.39 is 5.83 Å². The third-order valence-electron chi connectivity index (χ3n) is 0.402. The predicted molar refractivity (Wildman–Crippen MR) is 25.5 cm³/mol. The fourth-order valence-electron chi connectivity index (χ4n) is 0.280. The van der Waals surface area contributed by atoms with E-state index in [-0.39, 0.29) is 5.78 Å². The lowest BCUT2D eigenvalue weighted by molar-refractivity contribution is -0.112. The summed E-state index contributed by atoms with van der Waals surface area (Å²) in [4.78, 5) is 9.94. The van der Waals surface area contributed by atoms with Gasteiger partial charge in [-0.15, -0.1) is 0 Å². The molecule has 0 aromatic heterocycles. The van der Waals surface area contributed by atoms with Gasteiger partial charge in [0.15, 0.2) is 5.78 Å². The van der Waals surface area contributed by atoms with Crippen molar-refractivity contribution in [1.29, 1.82) is 0 Å². The fourth-order valence-corrected chi connectivity index (χ4v) is 0.280. The van der Waals surface area contributed by atoms with Crippen molar-refractivity contribution in [3.8, 4) is 0 Å². The summed E-state index contributed by atoms with van der Waals surface area (Å²) in [7, 11) is 0. The molecule has 0 radical (unpaired) electrons. The van der Waals surface area contributed by atoms with Gasteiger partial charge in [-0.05, 0) is 13.8 Å². The molecule has 0 aromatic carbocycles. The molecule has 0 saturated carbocycles. The lowest BCUT2D eigenvalue weighted by Gasteiger charge is -1.76. The van der Waals surface area contributed by atoms with Gasteiger partial charge < -0.3 is 0 Å². The fraction of sp³-hybridized carbons (Fsp3) is 0.400. The first-order valence-corrected chi connectivity index (χ1v) is 1.97. The maximum Gasteiger partial charge on any atom is 0.155 e. The summed E-state index contributed by atoms with van der Waals surface area (Å²) >= 11 is 0. The van der Waals surface area contributed by atoms with Crippen LogP contribution in [0.3, 0.4) is 0 Å². The second-order valence-corrected chi connectivity index (χ2v) is 1.34. The van der Waals surface area contributed by atoms with Gasteiger partial charge in [0.05, 0.1) is 0 Å². The van der Waals surface area contributed by atoms with Crippen LogP contribution in [0.2, 0.25) is 0 Å². The minimum Gasteiger partial charge on any atom is -0.295 e. The summed E-state index contributed by atoms with van der Waals surface area (Å²) in [6, 6.07) is 0. The van der Waals surface area contributed by atoms with Crippen LogP contribution in [0.25, 0.3) is 0 Å². The minimum atomic E-state index is -0.437. The van der Waals surface area contributed by atoms with Crippen LogP contribution < -0.4 is 0 Å². The number of rotatable bonds is 1. The smallest absolute Gasteiger partial charge is 0.155 e. The SMILES string of the molecule is CC(=O)C=C(C)F. The van der Waals surface area contributed by atoms with Crippen LogP contribution in [-0.4, -0.2) is 5.78 Å². The van der Waals surface area contributed by atoms with Crippen molar-refractivity contribution in [3.63, 3.8) is 0 Å². The van der Waals surface area contributed by atoms with Crippen LogP contribution in [0.1, 0.15) is 13.8 Å². The Hall–Kier alpha value is -0.660. The van der Waals surface area contributed by atoms with E-state index in [2.05, 4.69) is 0 Å². The lowest BCUT2D eigenvalue weighted by Crippen LogP contribution is -1.79. The molecule has 7 heavy (non-hydrogen) atoms. The Bertz CT molecular complexity index is 101. The number of carbonyl (C=O) groups excluding carboxylic acids is 1. The van der Waals surface area contributed by atoms with Gasteiger partial charge in [-0.2, -0.15) is 0 Å². The van der Waals surface area contributed by atoms with Gasteiger partial charge in [0.2, 0.25) is 0 Å². The van der Waals surface area contributed by atoms with E-state index in [1.807, 2.05) is 0 Å². The summed E-state index contributed by atoms with van der Waals surface area (Å²) < 4.78 is 11.6. The van der Waals surface area contributed by atoms with Crippen LogP contribution in [0.15, 0.2) is 11.9 Å². The Morgan fingerprint density at radius 1 is 1.57 bits per heavy atom. The minimum absolute atomic E-state index is 0.250. The zero-order valence-corrected chi connectivity index (χ0v) is 4.36. The molecule has 0 unspecified atom stereocenters. The molecule has 0 bridgehead atoms. The van der Waals surface area contributed by atoms with Crippen molar-refractivity contribution in [3.05, 3.63) is 11.9 Å². The molecule has 40 valence electrons. The summed E-state index contributed by atoms with van der Waals surface area (Å²) in [5, 5.41) is 0. The lowest BCUT2D eigenvalue weighted by atomic mass is 10.4. The van der Waals surface area contributed by atoms with Crippen molar-refractivity contribution in [2.75, 3.05) is 0 Å². The average Bonchev–Trinajstić information content (AvgIpc) is 1.27. The number of halogens is 1. The highest BCUT2D eigenvalue weighted by molar-refractivity contribution is 5.87. The third-order valence-corrected chi connectivity index (χ3v) is 0.402. The quantitative estimate of drug-likeness (QED) is 0.458. The molecule has 0 aliphatic heterocycles. The van der Waals surface area contributed by atoms with Gasteiger partial charge in [0, 0.05) is 6.08 Å². The number of ketones is 1. The second-order valence-electron chi connectivity index (χ2n) is 1.34. The summed E-state index contributed by atoms with van der Waals surface area (Å²) in [6.07, 6.45) is 0.944. The summed E-state index contributed by atoms with van der Waals surface area (Å²) in [5.74, 6) is -0.687. The molecule has 0 saturated heterocycles. The van der Waals surface area contributed by atoms with E-state index in [1.165, 1.54) is 13.8 Å². The molecule has 2 heteroatoms. The highest BCUT2D eigenvalue weighted by Crippen LogP contribution is 1.90. The first-order chi connectivity index (χ1) is 3.13. The van der Waals surface area contributed by atoms with E-state index in [0.717, 1.165) is 6.08 Å². The largest absolute Gasteiger partial charge is 0.295 e. The highest BCUT2D eigenvalue weighted by atomic mass is 19.1. The zero-order valence-electron chi connectivity index (χ0n) is 4.36. The van der Waals surface area contributed by atoms with Gasteiger partial charge in [0.25, 0.3) is 0 Å². The third kappa shape index (κ3) is 5.34. The molecule has 0 N–H and O–H groups in total. The Morgan fingerprint density at radius 3 is 2.00 bits per heavy atom. The van der Waals surface area contributed by atoms with Crippen LogP contribution in [0.4, 0.5) is 4.39 Å². The topological polar surface area (TPSA) is 17.1 Å². The Kier molecular flexibility index (Phi) is 2.27. The molecule has 0 spiro atoms. The normalized spacial score (nSPS) is 11.6. The standard InChI is InChI=1S/C5H7FO/c1-4(6)3-5(2)7/h3H,1-2H3. The maximum atomic E-state index is 11.6. The zero-order chi connectivity index (χ0) is 5.86. The van der Waals surface area contributed by atoms with Gasteiger partial charge in [-0.3, -0.25) is 4.79 Å². The van der Waals surface area contributed by atoms with Crippen LogP contribution >= 0.6 is 0 Å². The van der Waals surface area contributed by atoms with Gasteiger partial charge in [0.1, 0.15) is 5.83 Å². The average molecular weight is 102 g/mol. The van der Waals surface area contributed by atoms with Gasteiger partial charge in [-0.25, -0.2) is 4.39 Å². The van der Waals surface area contributed by atoms with Gasteiger partial charge in [-0.1, -0.05) is 0 Å². The van der Waals surface area contributed by atoms with E-state index >= 15 is 0 Å². The van der Waals surface area contributed by atoms with E-state index in [1.54, 1.807) is 0 Å². The molecular weight excluding hydrogens is 95.1 g/mol. The molecule has 0 atom stereocenters. The van der Waals surface area contributed by atoms with Crippen molar-refractivity contribution in [2.24, 2.45) is 0 Å². The van der Waals surface area contributed by atoms with Crippen LogP contribution in [0, 0.1) is 0 Å². The molecule has 0 amide bonds. The van der Waals surface area contributed by atoms with Crippen molar-refractivity contribution in [2.45, 2.75) is 13.8 Å². The molecule has 1 nitrogen and oxygen atoms in total. The highest BCUT2D eigenvalue weighted by Gasteiger charge is 1.84. The Balaban J connectivity index is 3.68. The van der Waals surface area contributed by atoms with Crippen LogP contribution in [0.5, 0.6) is 0 Å². The van der Waals surface area contributed by atoms with Crippen molar-refractivity contribution >= 4 is 5.78 Å². The molecule has 0 rings (SSSR count). The summed E-state index contributed by atoms with van der Waals surface area (Å²) in [5.41, 5.74) is 0. The number of hydrogen-bond donors (Lipinski definition) is 0. The molecule has 0 aliphatic rings.